The molecule has 3 heteroatoms. The fourth-order valence-corrected chi connectivity index (χ4v) is 3.03. The van der Waals surface area contributed by atoms with Gasteiger partial charge in [0, 0.05) is 12.6 Å². The minimum Gasteiger partial charge on any atom is -0.481 e. The van der Waals surface area contributed by atoms with Crippen LogP contribution in [-0.4, -0.2) is 23.7 Å². The van der Waals surface area contributed by atoms with Crippen molar-refractivity contribution >= 4 is 5.97 Å². The molecule has 2 N–H and O–H groups in total. The van der Waals surface area contributed by atoms with Crippen molar-refractivity contribution in [1.29, 1.82) is 0 Å². The lowest BCUT2D eigenvalue weighted by atomic mass is 9.79. The van der Waals surface area contributed by atoms with Crippen LogP contribution in [0.2, 0.25) is 0 Å². The molecule has 1 aliphatic carbocycles. The summed E-state index contributed by atoms with van der Waals surface area (Å²) in [6, 6.07) is 0.598. The van der Waals surface area contributed by atoms with Crippen LogP contribution in [0.1, 0.15) is 44.9 Å². The molecule has 1 aliphatic heterocycles. The molecule has 0 spiro atoms. The minimum atomic E-state index is -0.635. The molecule has 2 aliphatic rings. The second-order valence-electron chi connectivity index (χ2n) is 5.03. The van der Waals surface area contributed by atoms with Crippen LogP contribution in [0.4, 0.5) is 0 Å². The average Bonchev–Trinajstić information content (AvgIpc) is 2.30. The second-order valence-corrected chi connectivity index (χ2v) is 5.03. The van der Waals surface area contributed by atoms with Gasteiger partial charge in [-0.05, 0) is 31.6 Å². The number of hydrogen-bond acceptors (Lipinski definition) is 2. The molecule has 2 unspecified atom stereocenters. The van der Waals surface area contributed by atoms with Crippen molar-refractivity contribution in [2.24, 2.45) is 11.8 Å². The maximum absolute atomic E-state index is 10.8. The van der Waals surface area contributed by atoms with Gasteiger partial charge in [-0.1, -0.05) is 19.3 Å². The predicted molar refractivity (Wildman–Crippen MR) is 58.7 cm³/mol. The number of aliphatic carboxylic acids is 1. The molecule has 0 aromatic rings. The zero-order valence-electron chi connectivity index (χ0n) is 9.24. The van der Waals surface area contributed by atoms with Crippen LogP contribution in [0.15, 0.2) is 0 Å². The van der Waals surface area contributed by atoms with Gasteiger partial charge in [0.05, 0.1) is 5.92 Å². The third-order valence-electron chi connectivity index (χ3n) is 4.02. The molecule has 86 valence electrons. The molecule has 0 radical (unpaired) electrons. The van der Waals surface area contributed by atoms with Crippen LogP contribution in [0.25, 0.3) is 0 Å². The molecule has 15 heavy (non-hydrogen) atoms. The predicted octanol–water partition coefficient (Wildman–Crippen LogP) is 2.02. The fraction of sp³-hybridized carbons (Fsp3) is 0.917. The highest BCUT2D eigenvalue weighted by Gasteiger charge is 2.30. The zero-order valence-corrected chi connectivity index (χ0v) is 9.24. The Morgan fingerprint density at radius 3 is 2.33 bits per heavy atom. The number of carbonyl (C=O) groups is 1. The van der Waals surface area contributed by atoms with Crippen molar-refractivity contribution in [2.45, 2.75) is 51.0 Å². The van der Waals surface area contributed by atoms with Gasteiger partial charge >= 0.3 is 5.97 Å². The lowest BCUT2D eigenvalue weighted by molar-refractivity contribution is -0.142. The zero-order chi connectivity index (χ0) is 10.7. The first-order valence-corrected chi connectivity index (χ1v) is 6.23. The molecule has 2 fully saturated rings. The van der Waals surface area contributed by atoms with Gasteiger partial charge in [0.15, 0.2) is 0 Å². The summed E-state index contributed by atoms with van der Waals surface area (Å²) in [4.78, 5) is 10.8. The highest BCUT2D eigenvalue weighted by Crippen LogP contribution is 2.30. The highest BCUT2D eigenvalue weighted by atomic mass is 16.4. The first-order chi connectivity index (χ1) is 7.27. The summed E-state index contributed by atoms with van der Waals surface area (Å²) in [5.41, 5.74) is 0. The molecule has 3 nitrogen and oxygen atoms in total. The van der Waals surface area contributed by atoms with E-state index in [0.717, 1.165) is 18.8 Å². The Bertz CT molecular complexity index is 216. The Morgan fingerprint density at radius 1 is 1.07 bits per heavy atom. The molecule has 1 saturated carbocycles. The van der Waals surface area contributed by atoms with E-state index in [1.807, 2.05) is 0 Å². The summed E-state index contributed by atoms with van der Waals surface area (Å²) >= 11 is 0. The van der Waals surface area contributed by atoms with E-state index in [4.69, 9.17) is 5.11 Å². The monoisotopic (exact) mass is 211 g/mol. The molecule has 0 aromatic heterocycles. The number of hydrogen-bond donors (Lipinski definition) is 2. The molecule has 1 heterocycles. The van der Waals surface area contributed by atoms with Gasteiger partial charge in [-0.15, -0.1) is 0 Å². The van der Waals surface area contributed by atoms with E-state index >= 15 is 0 Å². The van der Waals surface area contributed by atoms with Crippen LogP contribution in [-0.2, 0) is 4.79 Å². The van der Waals surface area contributed by atoms with Crippen LogP contribution in [0.3, 0.4) is 0 Å². The largest absolute Gasteiger partial charge is 0.481 e. The summed E-state index contributed by atoms with van der Waals surface area (Å²) in [5, 5.41) is 12.3. The van der Waals surface area contributed by atoms with Gasteiger partial charge < -0.3 is 10.4 Å². The van der Waals surface area contributed by atoms with Gasteiger partial charge in [0.25, 0.3) is 0 Å². The van der Waals surface area contributed by atoms with Gasteiger partial charge in [-0.25, -0.2) is 0 Å². The third kappa shape index (κ3) is 2.71. The molecular formula is C12H21NO2. The van der Waals surface area contributed by atoms with Gasteiger partial charge in [0.1, 0.15) is 0 Å². The fourth-order valence-electron chi connectivity index (χ4n) is 3.03. The molecule has 1 saturated heterocycles. The molecule has 2 rings (SSSR count). The first-order valence-electron chi connectivity index (χ1n) is 6.23. The number of carboxylic acids is 1. The summed E-state index contributed by atoms with van der Waals surface area (Å²) in [6.45, 7) is 0.677. The number of rotatable bonds is 2. The van der Waals surface area contributed by atoms with Crippen LogP contribution >= 0.6 is 0 Å². The summed E-state index contributed by atoms with van der Waals surface area (Å²) in [6.07, 6.45) is 8.73. The highest BCUT2D eigenvalue weighted by molar-refractivity contribution is 5.70. The summed E-state index contributed by atoms with van der Waals surface area (Å²) in [7, 11) is 0. The molecule has 2 atom stereocenters. The van der Waals surface area contributed by atoms with Crippen molar-refractivity contribution in [3.63, 3.8) is 0 Å². The van der Waals surface area contributed by atoms with Crippen molar-refractivity contribution in [2.75, 3.05) is 6.54 Å². The minimum absolute atomic E-state index is 0.148. The number of piperidine rings is 1. The molecule has 0 amide bonds. The smallest absolute Gasteiger partial charge is 0.307 e. The first kappa shape index (κ1) is 10.9. The van der Waals surface area contributed by atoms with E-state index in [-0.39, 0.29) is 5.92 Å². The third-order valence-corrected chi connectivity index (χ3v) is 4.02. The van der Waals surface area contributed by atoms with E-state index in [2.05, 4.69) is 5.32 Å². The Balaban J connectivity index is 1.79. The van der Waals surface area contributed by atoms with Crippen LogP contribution < -0.4 is 5.32 Å². The molecule has 0 aromatic carbocycles. The summed E-state index contributed by atoms with van der Waals surface area (Å²) in [5.74, 6) is 0.0305. The van der Waals surface area contributed by atoms with E-state index in [1.54, 1.807) is 0 Å². The molecular weight excluding hydrogens is 190 g/mol. The average molecular weight is 211 g/mol. The second kappa shape index (κ2) is 4.97. The molecule has 0 bridgehead atoms. The summed E-state index contributed by atoms with van der Waals surface area (Å²) < 4.78 is 0. The van der Waals surface area contributed by atoms with Crippen LogP contribution in [0, 0.1) is 11.8 Å². The van der Waals surface area contributed by atoms with E-state index in [1.165, 1.54) is 32.1 Å². The quantitative estimate of drug-likeness (QED) is 0.734. The Morgan fingerprint density at radius 2 is 1.80 bits per heavy atom. The van der Waals surface area contributed by atoms with E-state index in [9.17, 15) is 4.79 Å². The normalized spacial score (nSPS) is 33.9. The van der Waals surface area contributed by atoms with Crippen molar-refractivity contribution in [3.05, 3.63) is 0 Å². The van der Waals surface area contributed by atoms with E-state index < -0.39 is 5.97 Å². The maximum atomic E-state index is 10.8. The van der Waals surface area contributed by atoms with Crippen LogP contribution in [0.5, 0.6) is 0 Å². The van der Waals surface area contributed by atoms with Gasteiger partial charge in [-0.2, -0.15) is 0 Å². The lowest BCUT2D eigenvalue weighted by Gasteiger charge is -2.35. The maximum Gasteiger partial charge on any atom is 0.307 e. The number of nitrogens with one attached hydrogen (secondary N) is 1. The van der Waals surface area contributed by atoms with Crippen molar-refractivity contribution < 1.29 is 9.90 Å². The van der Waals surface area contributed by atoms with Crippen molar-refractivity contribution in [1.82, 2.24) is 5.32 Å². The SMILES string of the molecule is O=C(O)C1CCC(C2CCCCC2)NC1. The topological polar surface area (TPSA) is 49.3 Å². The Kier molecular flexibility index (Phi) is 3.62. The van der Waals surface area contributed by atoms with Gasteiger partial charge in [-0.3, -0.25) is 4.79 Å². The van der Waals surface area contributed by atoms with Crippen molar-refractivity contribution in [3.8, 4) is 0 Å². The Labute approximate surface area is 91.2 Å². The van der Waals surface area contributed by atoms with Gasteiger partial charge in [0.2, 0.25) is 0 Å². The number of carboxylic acid groups (broad SMARTS) is 1. The van der Waals surface area contributed by atoms with E-state index in [0.29, 0.717) is 12.6 Å². The Hall–Kier alpha value is -0.570. The standard InChI is InChI=1S/C12H21NO2/c14-12(15)10-6-7-11(13-8-10)9-4-2-1-3-5-9/h9-11,13H,1-8H2,(H,14,15). The lowest BCUT2D eigenvalue weighted by Crippen LogP contribution is -2.45.